The summed E-state index contributed by atoms with van der Waals surface area (Å²) in [5.41, 5.74) is -1.30. The van der Waals surface area contributed by atoms with E-state index < -0.39 is 47.0 Å². The van der Waals surface area contributed by atoms with E-state index in [2.05, 4.69) is 16.9 Å². The van der Waals surface area contributed by atoms with E-state index in [-0.39, 0.29) is 37.2 Å². The van der Waals surface area contributed by atoms with Gasteiger partial charge in [0, 0.05) is 29.4 Å². The molecule has 3 fully saturated rings. The Hall–Kier alpha value is -3.66. The number of nitrogens with zero attached hydrogens (tertiary/aromatic N) is 2. The highest BCUT2D eigenvalue weighted by atomic mass is 35.5. The maximum atomic E-state index is 14.3. The second-order valence-electron chi connectivity index (χ2n) is 13.4. The number of likely N-dealkylation sites (tertiary alicyclic amines) is 1. The lowest BCUT2D eigenvalue weighted by Gasteiger charge is -2.35. The smallest absolute Gasteiger partial charge is 0.408 e. The third kappa shape index (κ3) is 6.55. The third-order valence-electron chi connectivity index (χ3n) is 9.16. The summed E-state index contributed by atoms with van der Waals surface area (Å²) in [6.45, 7) is 9.30. The minimum atomic E-state index is -1.22. The number of ether oxygens (including phenoxy) is 2. The van der Waals surface area contributed by atoms with Gasteiger partial charge in [-0.3, -0.25) is 19.4 Å². The number of Topliss-reactive ketones (excluding diaryl/α,β-unsaturated/α-hetero) is 1. The number of carbonyl (C=O) groups excluding carboxylic acids is 3. The molecule has 2 N–H and O–H groups in total. The van der Waals surface area contributed by atoms with E-state index in [1.54, 1.807) is 36.5 Å². The van der Waals surface area contributed by atoms with E-state index >= 15 is 0 Å². The summed E-state index contributed by atoms with van der Waals surface area (Å²) >= 11 is 6.15. The van der Waals surface area contributed by atoms with Crippen LogP contribution in [0.1, 0.15) is 65.7 Å². The van der Waals surface area contributed by atoms with Crippen LogP contribution in [0.5, 0.6) is 5.75 Å². The standard InChI is InChI=1S/C33H40ClN3O7/c1-5-19-16-33(19,30(40)41)17-26(38)25-15-22(43-27-12-13-35-24-14-20(34)10-11-23(24)27)18-37(25)29(39)28(32(2,3)4)36-31(42)44-21-8-6-7-9-21/h5,10-14,19,21-22,25,28H,1,6-9,15-18H2,2-4H3,(H,36,42)(H,40,41)/t19-,22-,25+,28-,33-/m1/s1. The van der Waals surface area contributed by atoms with Crippen LogP contribution in [0.4, 0.5) is 4.79 Å². The van der Waals surface area contributed by atoms with E-state index in [0.29, 0.717) is 22.7 Å². The fourth-order valence-electron chi connectivity index (χ4n) is 6.53. The Kier molecular flexibility index (Phi) is 8.94. The molecule has 5 atom stereocenters. The first kappa shape index (κ1) is 31.8. The number of aromatic nitrogens is 1. The molecule has 2 heterocycles. The molecule has 2 aliphatic carbocycles. The summed E-state index contributed by atoms with van der Waals surface area (Å²) in [7, 11) is 0. The van der Waals surface area contributed by atoms with E-state index in [1.165, 1.54) is 4.90 Å². The molecule has 1 aromatic heterocycles. The summed E-state index contributed by atoms with van der Waals surface area (Å²) in [6, 6.07) is 5.04. The van der Waals surface area contributed by atoms with Crippen LogP contribution in [0.15, 0.2) is 43.1 Å². The number of halogens is 1. The highest BCUT2D eigenvalue weighted by molar-refractivity contribution is 6.31. The van der Waals surface area contributed by atoms with Crippen LogP contribution in [-0.2, 0) is 19.1 Å². The first-order chi connectivity index (χ1) is 20.8. The molecule has 2 aromatic rings. The number of carboxylic acids is 1. The van der Waals surface area contributed by atoms with Gasteiger partial charge in [0.15, 0.2) is 5.78 Å². The van der Waals surface area contributed by atoms with Gasteiger partial charge < -0.3 is 24.8 Å². The molecule has 0 spiro atoms. The molecule has 0 radical (unpaired) electrons. The van der Waals surface area contributed by atoms with Crippen LogP contribution >= 0.6 is 11.6 Å². The number of pyridine rings is 1. The molecule has 1 aromatic carbocycles. The summed E-state index contributed by atoms with van der Waals surface area (Å²) in [5, 5.41) is 14.0. The number of benzene rings is 1. The van der Waals surface area contributed by atoms with Crippen molar-refractivity contribution in [3.8, 4) is 5.75 Å². The van der Waals surface area contributed by atoms with Crippen molar-refractivity contribution in [3.63, 3.8) is 0 Å². The molecule has 2 amide bonds. The average molecular weight is 626 g/mol. The Morgan fingerprint density at radius 3 is 2.57 bits per heavy atom. The Morgan fingerprint density at radius 1 is 1.20 bits per heavy atom. The van der Waals surface area contributed by atoms with Crippen LogP contribution < -0.4 is 10.1 Å². The van der Waals surface area contributed by atoms with E-state index in [9.17, 15) is 24.3 Å². The maximum absolute atomic E-state index is 14.3. The van der Waals surface area contributed by atoms with E-state index in [1.807, 2.05) is 20.8 Å². The first-order valence-electron chi connectivity index (χ1n) is 15.2. The van der Waals surface area contributed by atoms with E-state index in [4.69, 9.17) is 21.1 Å². The number of carbonyl (C=O) groups is 4. The van der Waals surface area contributed by atoms with Gasteiger partial charge in [0.25, 0.3) is 0 Å². The van der Waals surface area contributed by atoms with Crippen molar-refractivity contribution in [1.82, 2.24) is 15.2 Å². The number of carboxylic acid groups (broad SMARTS) is 1. The predicted molar refractivity (Wildman–Crippen MR) is 164 cm³/mol. The quantitative estimate of drug-likeness (QED) is 0.328. The molecule has 1 saturated heterocycles. The number of fused-ring (bicyclic) bond motifs is 1. The molecular formula is C33H40ClN3O7. The van der Waals surface area contributed by atoms with E-state index in [0.717, 1.165) is 31.1 Å². The van der Waals surface area contributed by atoms with Gasteiger partial charge in [0.2, 0.25) is 5.91 Å². The fraction of sp³-hybridized carbons (Fsp3) is 0.545. The van der Waals surface area contributed by atoms with Gasteiger partial charge in [-0.05, 0) is 67.7 Å². The van der Waals surface area contributed by atoms with Crippen LogP contribution in [-0.4, -0.2) is 69.6 Å². The summed E-state index contributed by atoms with van der Waals surface area (Å²) in [6.07, 6.45) is 5.56. The van der Waals surface area contributed by atoms with Gasteiger partial charge in [-0.25, -0.2) is 4.79 Å². The van der Waals surface area contributed by atoms with Crippen molar-refractivity contribution in [2.24, 2.45) is 16.7 Å². The number of amides is 2. The highest BCUT2D eigenvalue weighted by Gasteiger charge is 2.61. The van der Waals surface area contributed by atoms with Gasteiger partial charge in [-0.2, -0.15) is 0 Å². The Balaban J connectivity index is 1.41. The lowest BCUT2D eigenvalue weighted by Crippen LogP contribution is -2.57. The molecule has 0 unspecified atom stereocenters. The minimum absolute atomic E-state index is 0.0730. The number of hydrogen-bond donors (Lipinski definition) is 2. The maximum Gasteiger partial charge on any atom is 0.408 e. The van der Waals surface area contributed by atoms with Crippen molar-refractivity contribution >= 4 is 46.3 Å². The summed E-state index contributed by atoms with van der Waals surface area (Å²) in [4.78, 5) is 59.0. The van der Waals surface area contributed by atoms with Crippen molar-refractivity contribution in [3.05, 3.63) is 48.1 Å². The van der Waals surface area contributed by atoms with Crippen LogP contribution in [0.2, 0.25) is 5.02 Å². The number of nitrogens with one attached hydrogen (secondary N) is 1. The van der Waals surface area contributed by atoms with Gasteiger partial charge in [0.05, 0.1) is 23.5 Å². The number of ketones is 1. The van der Waals surface area contributed by atoms with Gasteiger partial charge in [-0.1, -0.05) is 38.4 Å². The largest absolute Gasteiger partial charge is 0.488 e. The molecule has 1 aliphatic heterocycles. The second-order valence-corrected chi connectivity index (χ2v) is 13.8. The SMILES string of the molecule is C=C[C@@H]1C[C@]1(CC(=O)[C@@H]1C[C@@H](Oc2ccnc3cc(Cl)ccc23)CN1C(=O)[C@@H](NC(=O)OC1CCCC1)C(C)(C)C)C(=O)O. The number of aliphatic carboxylic acids is 1. The predicted octanol–water partition coefficient (Wildman–Crippen LogP) is 5.56. The molecule has 11 heteroatoms. The van der Waals surface area contributed by atoms with Gasteiger partial charge in [0.1, 0.15) is 24.0 Å². The Bertz CT molecular complexity index is 1470. The molecule has 44 heavy (non-hydrogen) atoms. The Labute approximate surface area is 262 Å². The summed E-state index contributed by atoms with van der Waals surface area (Å²) in [5.74, 6) is -1.64. The van der Waals surface area contributed by atoms with Gasteiger partial charge >= 0.3 is 12.1 Å². The molecule has 5 rings (SSSR count). The number of alkyl carbamates (subject to hydrolysis) is 1. The molecule has 236 valence electrons. The zero-order valence-corrected chi connectivity index (χ0v) is 26.1. The summed E-state index contributed by atoms with van der Waals surface area (Å²) < 4.78 is 12.0. The normalized spacial score (nSPS) is 25.8. The Morgan fingerprint density at radius 2 is 1.93 bits per heavy atom. The van der Waals surface area contributed by atoms with Crippen molar-refractivity contribution in [1.29, 1.82) is 0 Å². The van der Waals surface area contributed by atoms with Crippen molar-refractivity contribution in [2.45, 2.75) is 90.0 Å². The minimum Gasteiger partial charge on any atom is -0.488 e. The fourth-order valence-corrected chi connectivity index (χ4v) is 6.70. The number of allylic oxidation sites excluding steroid dienone is 1. The molecular weight excluding hydrogens is 586 g/mol. The molecule has 0 bridgehead atoms. The third-order valence-corrected chi connectivity index (χ3v) is 9.40. The zero-order chi connectivity index (χ0) is 31.8. The van der Waals surface area contributed by atoms with Crippen LogP contribution in [0, 0.1) is 16.7 Å². The van der Waals surface area contributed by atoms with Crippen LogP contribution in [0.3, 0.4) is 0 Å². The molecule has 2 saturated carbocycles. The lowest BCUT2D eigenvalue weighted by atomic mass is 9.85. The van der Waals surface area contributed by atoms with Crippen molar-refractivity contribution < 1.29 is 33.8 Å². The first-order valence-corrected chi connectivity index (χ1v) is 15.6. The molecule has 10 nitrogen and oxygen atoms in total. The second kappa shape index (κ2) is 12.4. The van der Waals surface area contributed by atoms with Gasteiger partial charge in [-0.15, -0.1) is 6.58 Å². The lowest BCUT2D eigenvalue weighted by molar-refractivity contribution is -0.147. The number of hydrogen-bond acceptors (Lipinski definition) is 7. The van der Waals surface area contributed by atoms with Crippen molar-refractivity contribution in [2.75, 3.05) is 6.54 Å². The monoisotopic (exact) mass is 625 g/mol. The number of rotatable bonds is 10. The van der Waals surface area contributed by atoms with Crippen LogP contribution in [0.25, 0.3) is 10.9 Å². The highest BCUT2D eigenvalue weighted by Crippen LogP contribution is 2.56. The topological polar surface area (TPSA) is 135 Å². The zero-order valence-electron chi connectivity index (χ0n) is 25.4. The molecule has 3 aliphatic rings. The average Bonchev–Trinajstić information content (AvgIpc) is 3.24.